The van der Waals surface area contributed by atoms with Gasteiger partial charge in [0.1, 0.15) is 5.60 Å². The molecule has 0 bridgehead atoms. The molecule has 6 nitrogen and oxygen atoms in total. The number of aromatic amines is 1. The van der Waals surface area contributed by atoms with Crippen molar-refractivity contribution in [2.45, 2.75) is 58.2 Å². The molecule has 0 aromatic carbocycles. The van der Waals surface area contributed by atoms with Gasteiger partial charge in [0.15, 0.2) is 0 Å². The lowest BCUT2D eigenvalue weighted by atomic mass is 10.0. The molecule has 0 radical (unpaired) electrons. The first kappa shape index (κ1) is 15.8. The lowest BCUT2D eigenvalue weighted by molar-refractivity contribution is 0.0183. The predicted octanol–water partition coefficient (Wildman–Crippen LogP) is 2.46. The minimum atomic E-state index is -0.444. The van der Waals surface area contributed by atoms with Crippen molar-refractivity contribution in [3.05, 3.63) is 18.0 Å². The Kier molecular flexibility index (Phi) is 4.88. The molecule has 1 aromatic heterocycles. The number of likely N-dealkylation sites (tertiary alicyclic amines) is 1. The zero-order valence-electron chi connectivity index (χ0n) is 13.3. The van der Waals surface area contributed by atoms with Gasteiger partial charge in [-0.25, -0.2) is 4.79 Å². The van der Waals surface area contributed by atoms with Gasteiger partial charge in [0, 0.05) is 31.4 Å². The van der Waals surface area contributed by atoms with E-state index in [1.807, 2.05) is 26.8 Å². The Morgan fingerprint density at radius 3 is 2.95 bits per heavy atom. The summed E-state index contributed by atoms with van der Waals surface area (Å²) in [6.07, 6.45) is 3.59. The van der Waals surface area contributed by atoms with E-state index in [0.29, 0.717) is 6.54 Å². The highest BCUT2D eigenvalue weighted by Crippen LogP contribution is 2.18. The number of hydrogen-bond donors (Lipinski definition) is 2. The molecule has 2 N–H and O–H groups in total. The van der Waals surface area contributed by atoms with E-state index in [-0.39, 0.29) is 18.2 Å². The number of rotatable bonds is 3. The van der Waals surface area contributed by atoms with E-state index in [9.17, 15) is 4.79 Å². The number of ether oxygens (including phenoxy) is 1. The summed E-state index contributed by atoms with van der Waals surface area (Å²) in [5.41, 5.74) is 0.616. The summed E-state index contributed by atoms with van der Waals surface area (Å²) in [4.78, 5) is 13.9. The number of carbonyl (C=O) groups is 1. The fourth-order valence-corrected chi connectivity index (χ4v) is 2.56. The van der Waals surface area contributed by atoms with Crippen molar-refractivity contribution >= 4 is 6.09 Å². The van der Waals surface area contributed by atoms with Crippen molar-refractivity contribution in [3.8, 4) is 0 Å². The first-order chi connectivity index (χ1) is 9.85. The van der Waals surface area contributed by atoms with Crippen LogP contribution in [0.5, 0.6) is 0 Å². The Morgan fingerprint density at radius 2 is 2.33 bits per heavy atom. The number of nitrogens with zero attached hydrogens (tertiary/aromatic N) is 2. The van der Waals surface area contributed by atoms with E-state index in [4.69, 9.17) is 4.74 Å². The smallest absolute Gasteiger partial charge is 0.410 e. The summed E-state index contributed by atoms with van der Waals surface area (Å²) >= 11 is 0. The molecule has 6 heteroatoms. The van der Waals surface area contributed by atoms with Crippen LogP contribution in [0.2, 0.25) is 0 Å². The lowest BCUT2D eigenvalue weighted by Crippen LogP contribution is -2.49. The third-order valence-electron chi connectivity index (χ3n) is 3.55. The van der Waals surface area contributed by atoms with Crippen LogP contribution in [0.25, 0.3) is 0 Å². The second kappa shape index (κ2) is 6.47. The average Bonchev–Trinajstić information content (AvgIpc) is 2.91. The van der Waals surface area contributed by atoms with E-state index >= 15 is 0 Å². The Morgan fingerprint density at radius 1 is 1.57 bits per heavy atom. The molecule has 0 spiro atoms. The van der Waals surface area contributed by atoms with E-state index in [2.05, 4.69) is 22.4 Å². The van der Waals surface area contributed by atoms with Gasteiger partial charge in [-0.2, -0.15) is 5.10 Å². The van der Waals surface area contributed by atoms with Crippen molar-refractivity contribution in [2.24, 2.45) is 0 Å². The molecule has 0 saturated carbocycles. The van der Waals surface area contributed by atoms with Gasteiger partial charge in [-0.1, -0.05) is 0 Å². The van der Waals surface area contributed by atoms with Crippen LogP contribution >= 0.6 is 0 Å². The molecule has 1 fully saturated rings. The van der Waals surface area contributed by atoms with Crippen LogP contribution in [0.1, 0.15) is 52.3 Å². The van der Waals surface area contributed by atoms with Gasteiger partial charge in [0.05, 0.1) is 5.69 Å². The molecule has 21 heavy (non-hydrogen) atoms. The maximum absolute atomic E-state index is 12.1. The van der Waals surface area contributed by atoms with Gasteiger partial charge >= 0.3 is 6.09 Å². The largest absolute Gasteiger partial charge is 0.444 e. The highest BCUT2D eigenvalue weighted by molar-refractivity contribution is 5.68. The second-order valence-corrected chi connectivity index (χ2v) is 6.67. The highest BCUT2D eigenvalue weighted by Gasteiger charge is 2.28. The fraction of sp³-hybridized carbons (Fsp3) is 0.733. The molecular weight excluding hydrogens is 268 g/mol. The van der Waals surface area contributed by atoms with Crippen molar-refractivity contribution in [1.82, 2.24) is 20.4 Å². The molecule has 1 aliphatic rings. The van der Waals surface area contributed by atoms with Gasteiger partial charge in [0.2, 0.25) is 0 Å². The van der Waals surface area contributed by atoms with E-state index < -0.39 is 5.60 Å². The first-order valence-corrected chi connectivity index (χ1v) is 7.58. The normalized spacial score (nSPS) is 21.1. The van der Waals surface area contributed by atoms with E-state index in [1.54, 1.807) is 11.1 Å². The van der Waals surface area contributed by atoms with Crippen LogP contribution in [-0.2, 0) is 4.74 Å². The molecule has 1 aromatic rings. The second-order valence-electron chi connectivity index (χ2n) is 6.67. The molecule has 2 unspecified atom stereocenters. The number of carbonyl (C=O) groups excluding carboxylic acids is 1. The number of aromatic nitrogens is 2. The van der Waals surface area contributed by atoms with Crippen molar-refractivity contribution in [1.29, 1.82) is 0 Å². The van der Waals surface area contributed by atoms with Gasteiger partial charge < -0.3 is 15.0 Å². The molecule has 2 atom stereocenters. The molecule has 2 heterocycles. The summed E-state index contributed by atoms with van der Waals surface area (Å²) < 4.78 is 5.45. The lowest BCUT2D eigenvalue weighted by Gasteiger charge is -2.35. The van der Waals surface area contributed by atoms with Crippen LogP contribution in [0, 0.1) is 0 Å². The Labute approximate surface area is 126 Å². The molecule has 0 aliphatic carbocycles. The zero-order valence-corrected chi connectivity index (χ0v) is 13.3. The molecule has 1 amide bonds. The standard InChI is InChI=1S/C15H26N4O2/c1-11(13-7-8-16-18-13)17-12-6-5-9-19(10-12)14(20)21-15(2,3)4/h7-8,11-12,17H,5-6,9-10H2,1-4H3,(H,16,18). The topological polar surface area (TPSA) is 70.2 Å². The Bertz CT molecular complexity index is 453. The van der Waals surface area contributed by atoms with Crippen LogP contribution < -0.4 is 5.32 Å². The van der Waals surface area contributed by atoms with Crippen LogP contribution in [0.4, 0.5) is 4.79 Å². The predicted molar refractivity (Wildman–Crippen MR) is 81.0 cm³/mol. The fourth-order valence-electron chi connectivity index (χ4n) is 2.56. The van der Waals surface area contributed by atoms with Gasteiger partial charge in [0.25, 0.3) is 0 Å². The monoisotopic (exact) mass is 294 g/mol. The zero-order chi connectivity index (χ0) is 15.5. The van der Waals surface area contributed by atoms with Crippen molar-refractivity contribution < 1.29 is 9.53 Å². The average molecular weight is 294 g/mol. The minimum Gasteiger partial charge on any atom is -0.444 e. The van der Waals surface area contributed by atoms with Gasteiger partial charge in [-0.05, 0) is 46.6 Å². The third kappa shape index (κ3) is 4.74. The third-order valence-corrected chi connectivity index (χ3v) is 3.55. The van der Waals surface area contributed by atoms with Gasteiger partial charge in [-0.3, -0.25) is 5.10 Å². The van der Waals surface area contributed by atoms with E-state index in [1.165, 1.54) is 0 Å². The molecule has 1 aliphatic heterocycles. The molecule has 1 saturated heterocycles. The Hall–Kier alpha value is -1.56. The SMILES string of the molecule is CC(NC1CCCN(C(=O)OC(C)(C)C)C1)c1ccn[nH]1. The minimum absolute atomic E-state index is 0.191. The van der Waals surface area contributed by atoms with Gasteiger partial charge in [-0.15, -0.1) is 0 Å². The van der Waals surface area contributed by atoms with Crippen molar-refractivity contribution in [2.75, 3.05) is 13.1 Å². The van der Waals surface area contributed by atoms with Crippen LogP contribution in [0.15, 0.2) is 12.3 Å². The first-order valence-electron chi connectivity index (χ1n) is 7.58. The number of hydrogen-bond acceptors (Lipinski definition) is 4. The highest BCUT2D eigenvalue weighted by atomic mass is 16.6. The van der Waals surface area contributed by atoms with E-state index in [0.717, 1.165) is 25.1 Å². The van der Waals surface area contributed by atoms with Crippen molar-refractivity contribution in [3.63, 3.8) is 0 Å². The maximum Gasteiger partial charge on any atom is 0.410 e. The summed E-state index contributed by atoms with van der Waals surface area (Å²) in [7, 11) is 0. The number of nitrogens with one attached hydrogen (secondary N) is 2. The summed E-state index contributed by atoms with van der Waals surface area (Å²) in [5.74, 6) is 0. The number of H-pyrrole nitrogens is 1. The van der Waals surface area contributed by atoms with Crippen LogP contribution in [0.3, 0.4) is 0 Å². The maximum atomic E-state index is 12.1. The quantitative estimate of drug-likeness (QED) is 0.898. The molecule has 118 valence electrons. The number of amides is 1. The number of piperidine rings is 1. The summed E-state index contributed by atoms with van der Waals surface area (Å²) in [5, 5.41) is 10.5. The summed E-state index contributed by atoms with van der Waals surface area (Å²) in [6, 6.07) is 2.44. The molecular formula is C15H26N4O2. The molecule has 2 rings (SSSR count). The Balaban J connectivity index is 1.87. The summed E-state index contributed by atoms with van der Waals surface area (Å²) in [6.45, 7) is 9.24. The van der Waals surface area contributed by atoms with Crippen LogP contribution in [-0.4, -0.2) is 45.9 Å².